The first kappa shape index (κ1) is 17.7. The summed E-state index contributed by atoms with van der Waals surface area (Å²) in [6.07, 6.45) is 1.51. The van der Waals surface area contributed by atoms with Crippen LogP contribution in [0.1, 0.15) is 26.7 Å². The third kappa shape index (κ3) is 4.68. The van der Waals surface area contributed by atoms with Crippen molar-refractivity contribution in [3.63, 3.8) is 0 Å². The Morgan fingerprint density at radius 2 is 1.75 bits per heavy atom. The number of halogens is 2. The third-order valence-electron chi connectivity index (χ3n) is 3.56. The van der Waals surface area contributed by atoms with E-state index in [1.54, 1.807) is 30.3 Å². The van der Waals surface area contributed by atoms with E-state index in [0.29, 0.717) is 5.75 Å². The van der Waals surface area contributed by atoms with E-state index in [9.17, 15) is 13.6 Å². The van der Waals surface area contributed by atoms with Crippen molar-refractivity contribution in [1.82, 2.24) is 5.32 Å². The smallest absolute Gasteiger partial charge is 0.319 e. The lowest BCUT2D eigenvalue weighted by molar-refractivity contribution is 0.247. The normalized spacial score (nSPS) is 10.5. The lowest BCUT2D eigenvalue weighted by Crippen LogP contribution is -2.37. The first-order valence-electron chi connectivity index (χ1n) is 7.83. The van der Waals surface area contributed by atoms with Gasteiger partial charge in [-0.15, -0.1) is 0 Å². The molecule has 0 spiro atoms. The van der Waals surface area contributed by atoms with Crippen molar-refractivity contribution in [3.8, 4) is 11.5 Å². The average Bonchev–Trinajstić information content (AvgIpc) is 2.58. The maximum atomic E-state index is 14.1. The van der Waals surface area contributed by atoms with Crippen molar-refractivity contribution >= 4 is 11.7 Å². The van der Waals surface area contributed by atoms with Gasteiger partial charge in [-0.05, 0) is 25.0 Å². The van der Waals surface area contributed by atoms with Crippen LogP contribution in [-0.4, -0.2) is 12.1 Å². The molecule has 128 valence electrons. The second kappa shape index (κ2) is 8.29. The largest absolute Gasteiger partial charge is 0.454 e. The van der Waals surface area contributed by atoms with Crippen LogP contribution in [0.25, 0.3) is 0 Å². The van der Waals surface area contributed by atoms with Gasteiger partial charge in [-0.2, -0.15) is 0 Å². The minimum atomic E-state index is -0.776. The number of hydrogen-bond acceptors (Lipinski definition) is 2. The Balaban J connectivity index is 2.10. The van der Waals surface area contributed by atoms with Gasteiger partial charge < -0.3 is 15.4 Å². The maximum Gasteiger partial charge on any atom is 0.319 e. The van der Waals surface area contributed by atoms with Crippen LogP contribution >= 0.6 is 0 Å². The summed E-state index contributed by atoms with van der Waals surface area (Å²) in [6.45, 7) is 3.87. The van der Waals surface area contributed by atoms with Gasteiger partial charge in [0.25, 0.3) is 0 Å². The molecule has 0 aliphatic rings. The number of hydrogen-bond donors (Lipinski definition) is 2. The molecule has 0 atom stereocenters. The van der Waals surface area contributed by atoms with E-state index in [4.69, 9.17) is 4.74 Å². The summed E-state index contributed by atoms with van der Waals surface area (Å²) in [5.41, 5.74) is -0.239. The van der Waals surface area contributed by atoms with Gasteiger partial charge in [0.15, 0.2) is 17.4 Å². The van der Waals surface area contributed by atoms with Crippen LogP contribution in [0.4, 0.5) is 19.3 Å². The van der Waals surface area contributed by atoms with Crippen LogP contribution in [0.5, 0.6) is 11.5 Å². The fraction of sp³-hybridized carbons (Fsp3) is 0.278. The van der Waals surface area contributed by atoms with Crippen LogP contribution in [0.15, 0.2) is 42.5 Å². The summed E-state index contributed by atoms with van der Waals surface area (Å²) in [4.78, 5) is 11.8. The highest BCUT2D eigenvalue weighted by atomic mass is 19.1. The van der Waals surface area contributed by atoms with Crippen molar-refractivity contribution in [1.29, 1.82) is 0 Å². The topological polar surface area (TPSA) is 50.4 Å². The highest BCUT2D eigenvalue weighted by Gasteiger charge is 2.15. The lowest BCUT2D eigenvalue weighted by atomic mass is 10.2. The molecule has 0 aliphatic heterocycles. The first-order valence-corrected chi connectivity index (χ1v) is 7.83. The molecule has 2 aromatic carbocycles. The number of rotatable bonds is 6. The van der Waals surface area contributed by atoms with Crippen LogP contribution in [0.3, 0.4) is 0 Å². The summed E-state index contributed by atoms with van der Waals surface area (Å²) in [5.74, 6) is -1.40. The van der Waals surface area contributed by atoms with E-state index in [0.717, 1.165) is 25.0 Å². The molecule has 24 heavy (non-hydrogen) atoms. The van der Waals surface area contributed by atoms with Crippen LogP contribution in [0, 0.1) is 11.6 Å². The van der Waals surface area contributed by atoms with Crippen molar-refractivity contribution in [3.05, 3.63) is 54.1 Å². The third-order valence-corrected chi connectivity index (χ3v) is 3.56. The zero-order chi connectivity index (χ0) is 17.5. The van der Waals surface area contributed by atoms with E-state index in [-0.39, 0.29) is 17.5 Å². The van der Waals surface area contributed by atoms with Crippen molar-refractivity contribution in [2.45, 2.75) is 32.7 Å². The quantitative estimate of drug-likeness (QED) is 0.775. The van der Waals surface area contributed by atoms with Crippen molar-refractivity contribution in [2.75, 3.05) is 5.32 Å². The Hall–Kier alpha value is -2.63. The Morgan fingerprint density at radius 3 is 2.38 bits per heavy atom. The van der Waals surface area contributed by atoms with Gasteiger partial charge in [0, 0.05) is 18.2 Å². The van der Waals surface area contributed by atoms with E-state index in [1.165, 1.54) is 0 Å². The standard InChI is InChI=1S/C18H20F2N2O2/c1-3-12(4-2)21-18(23)22-16-10-15(20)17(11-14(16)19)24-13-8-6-5-7-9-13/h5-12H,3-4H2,1-2H3,(H2,21,22,23). The summed E-state index contributed by atoms with van der Waals surface area (Å²) < 4.78 is 33.5. The minimum Gasteiger partial charge on any atom is -0.454 e. The maximum absolute atomic E-state index is 14.1. The molecule has 0 saturated heterocycles. The number of anilines is 1. The average molecular weight is 334 g/mol. The lowest BCUT2D eigenvalue weighted by Gasteiger charge is -2.16. The highest BCUT2D eigenvalue weighted by molar-refractivity contribution is 5.89. The monoisotopic (exact) mass is 334 g/mol. The summed E-state index contributed by atoms with van der Waals surface area (Å²) in [5, 5.41) is 5.02. The highest BCUT2D eigenvalue weighted by Crippen LogP contribution is 2.29. The van der Waals surface area contributed by atoms with Gasteiger partial charge in [-0.1, -0.05) is 32.0 Å². The fourth-order valence-corrected chi connectivity index (χ4v) is 2.15. The Kier molecular flexibility index (Phi) is 6.12. The molecule has 0 unspecified atom stereocenters. The van der Waals surface area contributed by atoms with Gasteiger partial charge in [-0.25, -0.2) is 13.6 Å². The molecule has 0 radical (unpaired) electrons. The molecule has 0 aromatic heterocycles. The van der Waals surface area contributed by atoms with Crippen LogP contribution in [0.2, 0.25) is 0 Å². The molecule has 0 aliphatic carbocycles. The second-order valence-electron chi connectivity index (χ2n) is 5.29. The van der Waals surface area contributed by atoms with E-state index < -0.39 is 17.7 Å². The summed E-state index contributed by atoms with van der Waals surface area (Å²) in [6, 6.07) is 9.73. The molecular formula is C18H20F2N2O2. The molecule has 0 bridgehead atoms. The van der Waals surface area contributed by atoms with Crippen molar-refractivity contribution in [2.24, 2.45) is 0 Å². The molecule has 0 heterocycles. The molecule has 2 rings (SSSR count). The Morgan fingerprint density at radius 1 is 1.08 bits per heavy atom. The van der Waals surface area contributed by atoms with Crippen LogP contribution < -0.4 is 15.4 Å². The number of nitrogens with one attached hydrogen (secondary N) is 2. The predicted octanol–water partition coefficient (Wildman–Crippen LogP) is 5.07. The molecule has 2 N–H and O–H groups in total. The first-order chi connectivity index (χ1) is 11.5. The van der Waals surface area contributed by atoms with E-state index >= 15 is 0 Å². The molecular weight excluding hydrogens is 314 g/mol. The van der Waals surface area contributed by atoms with E-state index in [2.05, 4.69) is 10.6 Å². The molecule has 4 nitrogen and oxygen atoms in total. The molecule has 6 heteroatoms. The van der Waals surface area contributed by atoms with E-state index in [1.807, 2.05) is 13.8 Å². The summed E-state index contributed by atoms with van der Waals surface area (Å²) >= 11 is 0. The fourth-order valence-electron chi connectivity index (χ4n) is 2.15. The predicted molar refractivity (Wildman–Crippen MR) is 89.4 cm³/mol. The van der Waals surface area contributed by atoms with Gasteiger partial charge in [0.05, 0.1) is 5.69 Å². The Labute approximate surface area is 139 Å². The number of para-hydroxylation sites is 1. The molecule has 0 saturated carbocycles. The molecule has 2 aromatic rings. The molecule has 0 fully saturated rings. The zero-order valence-electron chi connectivity index (χ0n) is 13.6. The SMILES string of the molecule is CCC(CC)NC(=O)Nc1cc(F)c(Oc2ccccc2)cc1F. The van der Waals surface area contributed by atoms with Gasteiger partial charge in [0.2, 0.25) is 0 Å². The number of benzene rings is 2. The van der Waals surface area contributed by atoms with Crippen molar-refractivity contribution < 1.29 is 18.3 Å². The number of amides is 2. The van der Waals surface area contributed by atoms with Crippen LogP contribution in [-0.2, 0) is 0 Å². The summed E-state index contributed by atoms with van der Waals surface area (Å²) in [7, 11) is 0. The molecule has 2 amide bonds. The second-order valence-corrected chi connectivity index (χ2v) is 5.29. The minimum absolute atomic E-state index is 0.0152. The van der Waals surface area contributed by atoms with Gasteiger partial charge in [0.1, 0.15) is 5.75 Å². The number of carbonyl (C=O) groups excluding carboxylic acids is 1. The zero-order valence-corrected chi connectivity index (χ0v) is 13.6. The van der Waals surface area contributed by atoms with Gasteiger partial charge in [-0.3, -0.25) is 0 Å². The number of ether oxygens (including phenoxy) is 1. The number of urea groups is 1. The Bertz CT molecular complexity index is 689. The van der Waals surface area contributed by atoms with Gasteiger partial charge >= 0.3 is 6.03 Å². The number of carbonyl (C=O) groups is 1.